The Morgan fingerprint density at radius 1 is 1.00 bits per heavy atom. The molecule has 39 heavy (non-hydrogen) atoms. The summed E-state index contributed by atoms with van der Waals surface area (Å²) in [6.07, 6.45) is 3.05. The Morgan fingerprint density at radius 2 is 1.77 bits per heavy atom. The fraction of sp³-hybridized carbons (Fsp3) is 0.120. The number of aldehydes is 1. The van der Waals surface area contributed by atoms with Crippen molar-refractivity contribution in [2.45, 2.75) is 19.6 Å². The van der Waals surface area contributed by atoms with E-state index in [1.54, 1.807) is 12.3 Å². The summed E-state index contributed by atoms with van der Waals surface area (Å²) in [6, 6.07) is 4.59. The van der Waals surface area contributed by atoms with E-state index in [1.807, 2.05) is 11.5 Å². The van der Waals surface area contributed by atoms with Crippen molar-refractivity contribution < 1.29 is 22.4 Å². The van der Waals surface area contributed by atoms with Crippen molar-refractivity contribution >= 4 is 39.7 Å². The number of aromatic nitrogens is 8. The van der Waals surface area contributed by atoms with Crippen LogP contribution in [0.1, 0.15) is 23.0 Å². The SMILES string of the molecule is CCn1cc(-c2ccc3c(-n4ncc(C=O)c4C(F)(F)F)cncc3c2F)c2cc(Cl)c(-n3nccn3)nc21. The Morgan fingerprint density at radius 3 is 2.46 bits per heavy atom. The number of aryl methyl sites for hydroxylation is 1. The normalized spacial score (nSPS) is 12.1. The molecule has 5 heterocycles. The van der Waals surface area contributed by atoms with E-state index in [2.05, 4.69) is 25.3 Å². The molecule has 9 nitrogen and oxygen atoms in total. The summed E-state index contributed by atoms with van der Waals surface area (Å²) in [6.45, 7) is 2.41. The quantitative estimate of drug-likeness (QED) is 0.201. The summed E-state index contributed by atoms with van der Waals surface area (Å²) in [5.74, 6) is -0.405. The van der Waals surface area contributed by atoms with Gasteiger partial charge in [0, 0.05) is 46.2 Å². The molecule has 5 aromatic heterocycles. The lowest BCUT2D eigenvalue weighted by atomic mass is 10.0. The fourth-order valence-corrected chi connectivity index (χ4v) is 4.81. The molecule has 0 fully saturated rings. The Labute approximate surface area is 221 Å². The standard InChI is InChI=1S/C25H15ClF4N8O/c1-2-36-11-18(16-7-19(26)24(35-23(16)36)38-32-5-6-33-38)15-4-3-14-17(21(15)27)9-31-10-20(14)37-22(25(28,29)30)13(12-39)8-34-37/h3-12H,2H2,1H3. The average molecular weight is 555 g/mol. The molecule has 1 aromatic carbocycles. The summed E-state index contributed by atoms with van der Waals surface area (Å²) >= 11 is 6.49. The number of hydrogen-bond acceptors (Lipinski definition) is 6. The van der Waals surface area contributed by atoms with Gasteiger partial charge in [-0.05, 0) is 13.0 Å². The molecule has 0 bridgehead atoms. The highest BCUT2D eigenvalue weighted by Gasteiger charge is 2.39. The third-order valence-corrected chi connectivity index (χ3v) is 6.58. The van der Waals surface area contributed by atoms with Gasteiger partial charge in [0.25, 0.3) is 0 Å². The van der Waals surface area contributed by atoms with Crippen LogP contribution in [0.25, 0.3) is 44.4 Å². The second-order valence-corrected chi connectivity index (χ2v) is 8.88. The molecule has 6 aromatic rings. The van der Waals surface area contributed by atoms with Gasteiger partial charge in [0.1, 0.15) is 11.5 Å². The first-order valence-corrected chi connectivity index (χ1v) is 11.8. The topological polar surface area (TPSA) is 96.3 Å². The molecule has 0 atom stereocenters. The van der Waals surface area contributed by atoms with Gasteiger partial charge in [-0.2, -0.15) is 28.5 Å². The lowest BCUT2D eigenvalue weighted by Crippen LogP contribution is -2.15. The number of alkyl halides is 3. The summed E-state index contributed by atoms with van der Waals surface area (Å²) in [7, 11) is 0. The van der Waals surface area contributed by atoms with Crippen molar-refractivity contribution in [3.63, 3.8) is 0 Å². The molecule has 0 unspecified atom stereocenters. The zero-order valence-corrected chi connectivity index (χ0v) is 20.6. The zero-order chi connectivity index (χ0) is 27.5. The molecule has 0 saturated heterocycles. The molecule has 14 heteroatoms. The summed E-state index contributed by atoms with van der Waals surface area (Å²) < 4.78 is 59.7. The first-order chi connectivity index (χ1) is 18.7. The van der Waals surface area contributed by atoms with E-state index in [1.165, 1.54) is 35.5 Å². The molecule has 0 spiro atoms. The van der Waals surface area contributed by atoms with Crippen LogP contribution in [-0.4, -0.2) is 45.6 Å². The number of rotatable bonds is 5. The molecule has 6 rings (SSSR count). The minimum Gasteiger partial charge on any atom is -0.332 e. The molecule has 0 aliphatic rings. The van der Waals surface area contributed by atoms with Gasteiger partial charge in [-0.25, -0.2) is 14.1 Å². The number of carbonyl (C=O) groups is 1. The number of fused-ring (bicyclic) bond motifs is 2. The fourth-order valence-electron chi connectivity index (χ4n) is 4.58. The second-order valence-electron chi connectivity index (χ2n) is 8.47. The maximum absolute atomic E-state index is 16.1. The van der Waals surface area contributed by atoms with Gasteiger partial charge in [-0.1, -0.05) is 23.7 Å². The minimum atomic E-state index is -4.88. The van der Waals surface area contributed by atoms with Crippen LogP contribution in [-0.2, 0) is 12.7 Å². The number of benzene rings is 1. The highest BCUT2D eigenvalue weighted by atomic mass is 35.5. The van der Waals surface area contributed by atoms with Gasteiger partial charge in [0.2, 0.25) is 0 Å². The smallest absolute Gasteiger partial charge is 0.332 e. The Hall–Kier alpha value is -4.65. The number of pyridine rings is 2. The van der Waals surface area contributed by atoms with E-state index in [0.717, 1.165) is 12.4 Å². The maximum Gasteiger partial charge on any atom is 0.434 e. The predicted octanol–water partition coefficient (Wildman–Crippen LogP) is 5.66. The second kappa shape index (κ2) is 8.98. The van der Waals surface area contributed by atoms with E-state index in [0.29, 0.717) is 33.6 Å². The number of nitrogens with zero attached hydrogens (tertiary/aromatic N) is 8. The van der Waals surface area contributed by atoms with Crippen molar-refractivity contribution in [2.75, 3.05) is 0 Å². The van der Waals surface area contributed by atoms with Gasteiger partial charge in [-0.15, -0.1) is 4.80 Å². The Balaban J connectivity index is 1.56. The third-order valence-electron chi connectivity index (χ3n) is 6.30. The zero-order valence-electron chi connectivity index (χ0n) is 19.9. The van der Waals surface area contributed by atoms with E-state index in [9.17, 15) is 18.0 Å². The van der Waals surface area contributed by atoms with E-state index in [-0.39, 0.29) is 33.3 Å². The van der Waals surface area contributed by atoms with Crippen molar-refractivity contribution in [2.24, 2.45) is 0 Å². The lowest BCUT2D eigenvalue weighted by Gasteiger charge is -2.14. The summed E-state index contributed by atoms with van der Waals surface area (Å²) in [4.78, 5) is 21.1. The monoisotopic (exact) mass is 554 g/mol. The minimum absolute atomic E-state index is 0.0323. The maximum atomic E-state index is 16.1. The van der Waals surface area contributed by atoms with Gasteiger partial charge >= 0.3 is 6.18 Å². The number of hydrogen-bond donors (Lipinski definition) is 0. The first-order valence-electron chi connectivity index (χ1n) is 11.5. The van der Waals surface area contributed by atoms with Crippen molar-refractivity contribution in [1.82, 2.24) is 39.3 Å². The largest absolute Gasteiger partial charge is 0.434 e. The summed E-state index contributed by atoms with van der Waals surface area (Å²) in [5.41, 5.74) is -0.877. The van der Waals surface area contributed by atoms with Crippen LogP contribution in [0.5, 0.6) is 0 Å². The van der Waals surface area contributed by atoms with Crippen LogP contribution in [0.4, 0.5) is 17.6 Å². The predicted molar refractivity (Wildman–Crippen MR) is 134 cm³/mol. The van der Waals surface area contributed by atoms with Gasteiger partial charge in [-0.3, -0.25) is 9.78 Å². The summed E-state index contributed by atoms with van der Waals surface area (Å²) in [5, 5.41) is 12.8. The van der Waals surface area contributed by atoms with Crippen molar-refractivity contribution in [3.8, 4) is 22.6 Å². The number of halogens is 5. The highest BCUT2D eigenvalue weighted by Crippen LogP contribution is 2.39. The third kappa shape index (κ3) is 3.84. The van der Waals surface area contributed by atoms with E-state index in [4.69, 9.17) is 11.6 Å². The van der Waals surface area contributed by atoms with Gasteiger partial charge in [0.15, 0.2) is 17.8 Å². The van der Waals surface area contributed by atoms with Gasteiger partial charge < -0.3 is 4.57 Å². The lowest BCUT2D eigenvalue weighted by molar-refractivity contribution is -0.143. The Bertz CT molecular complexity index is 1890. The average Bonchev–Trinajstić information content (AvgIpc) is 3.66. The van der Waals surface area contributed by atoms with Crippen molar-refractivity contribution in [1.29, 1.82) is 0 Å². The van der Waals surface area contributed by atoms with Crippen LogP contribution >= 0.6 is 11.6 Å². The number of carbonyl (C=O) groups excluding carboxylic acids is 1. The van der Waals surface area contributed by atoms with Crippen LogP contribution in [0.2, 0.25) is 5.02 Å². The van der Waals surface area contributed by atoms with E-state index < -0.39 is 23.3 Å². The molecular formula is C25H15ClF4N8O. The molecule has 0 saturated carbocycles. The Kier molecular flexibility index (Phi) is 5.68. The van der Waals surface area contributed by atoms with Crippen LogP contribution in [0.3, 0.4) is 0 Å². The molecule has 0 radical (unpaired) electrons. The molecule has 0 N–H and O–H groups in total. The molecule has 0 amide bonds. The highest BCUT2D eigenvalue weighted by molar-refractivity contribution is 6.33. The van der Waals surface area contributed by atoms with Gasteiger partial charge in [0.05, 0.1) is 41.1 Å². The van der Waals surface area contributed by atoms with E-state index >= 15 is 4.39 Å². The molecule has 196 valence electrons. The van der Waals surface area contributed by atoms with Crippen LogP contribution in [0.15, 0.2) is 55.4 Å². The molecular weight excluding hydrogens is 540 g/mol. The molecule has 0 aliphatic carbocycles. The van der Waals surface area contributed by atoms with Crippen LogP contribution < -0.4 is 0 Å². The van der Waals surface area contributed by atoms with Crippen LogP contribution in [0, 0.1) is 5.82 Å². The van der Waals surface area contributed by atoms with Crippen molar-refractivity contribution in [3.05, 3.63) is 77.5 Å². The molecule has 0 aliphatic heterocycles. The first kappa shape index (κ1) is 24.7.